The zero-order valence-electron chi connectivity index (χ0n) is 15.8. The third kappa shape index (κ3) is 3.57. The van der Waals surface area contributed by atoms with Gasteiger partial charge in [-0.25, -0.2) is 0 Å². The maximum Gasteiger partial charge on any atom is 0.160 e. The Bertz CT molecular complexity index is 617. The summed E-state index contributed by atoms with van der Waals surface area (Å²) >= 11 is 0. The van der Waals surface area contributed by atoms with Gasteiger partial charge in [-0.1, -0.05) is 6.07 Å². The number of ketones is 1. The first-order chi connectivity index (χ1) is 11.5. The molecule has 3 rings (SSSR count). The molecule has 1 atom stereocenters. The van der Waals surface area contributed by atoms with Crippen molar-refractivity contribution in [1.29, 1.82) is 0 Å². The van der Waals surface area contributed by atoms with Crippen molar-refractivity contribution in [2.24, 2.45) is 0 Å². The summed E-state index contributed by atoms with van der Waals surface area (Å²) in [6.07, 6.45) is 5.36. The minimum atomic E-state index is 0.196. The summed E-state index contributed by atoms with van der Waals surface area (Å²) in [4.78, 5) is 17.4. The molecule has 0 saturated carbocycles. The van der Waals surface area contributed by atoms with Crippen LogP contribution < -0.4 is 0 Å². The lowest BCUT2D eigenvalue weighted by Gasteiger charge is -2.30. The molecule has 132 valence electrons. The van der Waals surface area contributed by atoms with Gasteiger partial charge in [-0.15, -0.1) is 0 Å². The minimum Gasteiger partial charge on any atom is -0.302 e. The van der Waals surface area contributed by atoms with Crippen LogP contribution in [0.3, 0.4) is 0 Å². The smallest absolute Gasteiger partial charge is 0.160 e. The summed E-state index contributed by atoms with van der Waals surface area (Å²) in [6, 6.07) is 2.88. The molecular weight excluding hydrogens is 296 g/mol. The van der Waals surface area contributed by atoms with E-state index in [1.165, 1.54) is 68.6 Å². The number of hydrogen-bond acceptors (Lipinski definition) is 3. The molecule has 2 fully saturated rings. The van der Waals surface area contributed by atoms with Gasteiger partial charge in [-0.3, -0.25) is 9.69 Å². The van der Waals surface area contributed by atoms with E-state index < -0.39 is 0 Å². The molecule has 1 aromatic rings. The maximum absolute atomic E-state index is 12.1. The molecule has 2 saturated heterocycles. The van der Waals surface area contributed by atoms with Gasteiger partial charge in [0, 0.05) is 24.7 Å². The molecular formula is C21H32N2O. The fraction of sp³-hybridized carbons (Fsp3) is 0.667. The number of likely N-dealkylation sites (tertiary alicyclic amines) is 2. The zero-order chi connectivity index (χ0) is 17.3. The highest BCUT2D eigenvalue weighted by Gasteiger charge is 2.28. The van der Waals surface area contributed by atoms with Crippen LogP contribution in [0.1, 0.15) is 65.2 Å². The summed E-state index contributed by atoms with van der Waals surface area (Å²) < 4.78 is 0. The average Bonchev–Trinajstić information content (AvgIpc) is 3.15. The molecule has 1 aromatic carbocycles. The van der Waals surface area contributed by atoms with Crippen molar-refractivity contribution >= 4 is 5.78 Å². The quantitative estimate of drug-likeness (QED) is 0.767. The van der Waals surface area contributed by atoms with Crippen molar-refractivity contribution in [3.8, 4) is 0 Å². The van der Waals surface area contributed by atoms with Crippen LogP contribution in [0.5, 0.6) is 0 Å². The van der Waals surface area contributed by atoms with Crippen LogP contribution in [0.4, 0.5) is 0 Å². The fourth-order valence-electron chi connectivity index (χ4n) is 4.79. The van der Waals surface area contributed by atoms with Crippen molar-refractivity contribution in [2.75, 3.05) is 26.2 Å². The van der Waals surface area contributed by atoms with Crippen LogP contribution >= 0.6 is 0 Å². The van der Waals surface area contributed by atoms with Crippen molar-refractivity contribution < 1.29 is 4.79 Å². The standard InChI is InChI=1S/C21H32N2O/c1-15-12-16(2)21(18(4)24)17(3)20(15)14-23-11-7-8-19(23)13-22-9-5-6-10-22/h12,19H,5-11,13-14H2,1-4H3. The highest BCUT2D eigenvalue weighted by molar-refractivity contribution is 5.97. The second-order valence-electron chi connectivity index (χ2n) is 7.82. The predicted octanol–water partition coefficient (Wildman–Crippen LogP) is 3.87. The number of aryl methyl sites for hydroxylation is 2. The van der Waals surface area contributed by atoms with Crippen LogP contribution in [-0.2, 0) is 6.54 Å². The van der Waals surface area contributed by atoms with Crippen molar-refractivity contribution in [2.45, 2.75) is 66.0 Å². The first-order valence-electron chi connectivity index (χ1n) is 9.54. The van der Waals surface area contributed by atoms with E-state index >= 15 is 0 Å². The normalized spacial score (nSPS) is 22.4. The first-order valence-corrected chi connectivity index (χ1v) is 9.54. The molecule has 2 aliphatic rings. The van der Waals surface area contributed by atoms with Gasteiger partial charge in [0.15, 0.2) is 5.78 Å². The van der Waals surface area contributed by atoms with Crippen LogP contribution in [0.25, 0.3) is 0 Å². The Morgan fingerprint density at radius 1 is 1.08 bits per heavy atom. The van der Waals surface area contributed by atoms with E-state index in [-0.39, 0.29) is 5.78 Å². The number of rotatable bonds is 5. The lowest BCUT2D eigenvalue weighted by molar-refractivity contribution is 0.101. The fourth-order valence-corrected chi connectivity index (χ4v) is 4.79. The Morgan fingerprint density at radius 2 is 1.79 bits per heavy atom. The van der Waals surface area contributed by atoms with Gasteiger partial charge in [0.25, 0.3) is 0 Å². The molecule has 0 spiro atoms. The third-order valence-corrected chi connectivity index (χ3v) is 6.01. The van der Waals surface area contributed by atoms with E-state index in [4.69, 9.17) is 0 Å². The Hall–Kier alpha value is -1.19. The Balaban J connectivity index is 1.79. The number of carbonyl (C=O) groups is 1. The molecule has 1 unspecified atom stereocenters. The number of Topliss-reactive ketones (excluding diaryl/α,β-unsaturated/α-hetero) is 1. The van der Waals surface area contributed by atoms with Gasteiger partial charge >= 0.3 is 0 Å². The van der Waals surface area contributed by atoms with Gasteiger partial charge < -0.3 is 4.90 Å². The minimum absolute atomic E-state index is 0.196. The number of hydrogen-bond donors (Lipinski definition) is 0. The predicted molar refractivity (Wildman–Crippen MR) is 99.8 cm³/mol. The second kappa shape index (κ2) is 7.37. The van der Waals surface area contributed by atoms with E-state index in [1.807, 2.05) is 0 Å². The van der Waals surface area contributed by atoms with Crippen molar-refractivity contribution in [3.63, 3.8) is 0 Å². The summed E-state index contributed by atoms with van der Waals surface area (Å²) in [5.74, 6) is 0.196. The summed E-state index contributed by atoms with van der Waals surface area (Å²) in [7, 11) is 0. The van der Waals surface area contributed by atoms with Crippen LogP contribution in [0, 0.1) is 20.8 Å². The molecule has 2 aliphatic heterocycles. The van der Waals surface area contributed by atoms with Gasteiger partial charge in [0.1, 0.15) is 0 Å². The average molecular weight is 329 g/mol. The second-order valence-corrected chi connectivity index (χ2v) is 7.82. The zero-order valence-corrected chi connectivity index (χ0v) is 15.8. The Kier molecular flexibility index (Phi) is 5.41. The van der Waals surface area contributed by atoms with Crippen molar-refractivity contribution in [3.05, 3.63) is 33.9 Å². The van der Waals surface area contributed by atoms with Crippen LogP contribution in [-0.4, -0.2) is 47.8 Å². The molecule has 0 radical (unpaired) electrons. The topological polar surface area (TPSA) is 23.6 Å². The molecule has 2 heterocycles. The van der Waals surface area contributed by atoms with E-state index in [1.54, 1.807) is 6.92 Å². The van der Waals surface area contributed by atoms with Crippen molar-refractivity contribution in [1.82, 2.24) is 9.80 Å². The monoisotopic (exact) mass is 328 g/mol. The van der Waals surface area contributed by atoms with Crippen LogP contribution in [0.2, 0.25) is 0 Å². The number of benzene rings is 1. The van der Waals surface area contributed by atoms with E-state index in [9.17, 15) is 4.79 Å². The Labute approximate surface area is 147 Å². The molecule has 0 amide bonds. The third-order valence-electron chi connectivity index (χ3n) is 6.01. The molecule has 0 N–H and O–H groups in total. The first kappa shape index (κ1) is 17.6. The molecule has 0 aromatic heterocycles. The van der Waals surface area contributed by atoms with E-state index in [2.05, 4.69) is 36.6 Å². The summed E-state index contributed by atoms with van der Waals surface area (Å²) in [6.45, 7) is 14.1. The molecule has 0 bridgehead atoms. The van der Waals surface area contributed by atoms with Crippen LogP contribution in [0.15, 0.2) is 6.07 Å². The lowest BCUT2D eigenvalue weighted by Crippen LogP contribution is -2.39. The summed E-state index contributed by atoms with van der Waals surface area (Å²) in [5.41, 5.74) is 5.97. The summed E-state index contributed by atoms with van der Waals surface area (Å²) in [5, 5.41) is 0. The largest absolute Gasteiger partial charge is 0.302 e. The van der Waals surface area contributed by atoms with Gasteiger partial charge in [-0.2, -0.15) is 0 Å². The molecule has 24 heavy (non-hydrogen) atoms. The maximum atomic E-state index is 12.1. The SMILES string of the molecule is CC(=O)c1c(C)cc(C)c(CN2CCCC2CN2CCCC2)c1C. The lowest BCUT2D eigenvalue weighted by atomic mass is 9.91. The van der Waals surface area contributed by atoms with Gasteiger partial charge in [0.05, 0.1) is 0 Å². The Morgan fingerprint density at radius 3 is 2.46 bits per heavy atom. The van der Waals surface area contributed by atoms with E-state index in [0.29, 0.717) is 6.04 Å². The molecule has 0 aliphatic carbocycles. The van der Waals surface area contributed by atoms with Gasteiger partial charge in [0.2, 0.25) is 0 Å². The molecule has 3 heteroatoms. The highest BCUT2D eigenvalue weighted by atomic mass is 16.1. The van der Waals surface area contributed by atoms with E-state index in [0.717, 1.165) is 17.7 Å². The number of nitrogens with zero attached hydrogens (tertiary/aromatic N) is 2. The number of carbonyl (C=O) groups excluding carboxylic acids is 1. The molecule has 3 nitrogen and oxygen atoms in total. The van der Waals surface area contributed by atoms with Gasteiger partial charge in [-0.05, 0) is 95.3 Å². The highest BCUT2D eigenvalue weighted by Crippen LogP contribution is 2.28.